The van der Waals surface area contributed by atoms with Gasteiger partial charge in [0.15, 0.2) is 0 Å². The minimum atomic E-state index is -3.59. The lowest BCUT2D eigenvalue weighted by molar-refractivity contribution is -0.123. The maximum atomic E-state index is 12.3. The van der Waals surface area contributed by atoms with Crippen molar-refractivity contribution >= 4 is 50.6 Å². The number of fused-ring (bicyclic) bond motifs is 1. The minimum Gasteiger partial charge on any atom is -0.467 e. The van der Waals surface area contributed by atoms with E-state index in [1.165, 1.54) is 43.1 Å². The van der Waals surface area contributed by atoms with Gasteiger partial charge in [-0.1, -0.05) is 0 Å². The standard InChI is InChI=1S/C15H17N3O5S3/c1-17(2)26(21,22)14-6-11-15(25-14)24-9-13(20)18(11)8-12(19)16-7-10-4-3-5-23-10/h3-6H,7-9H2,1-2H3,(H,16,19). The van der Waals surface area contributed by atoms with E-state index >= 15 is 0 Å². The fraction of sp³-hybridized carbons (Fsp3) is 0.333. The van der Waals surface area contributed by atoms with Crippen molar-refractivity contribution in [2.75, 3.05) is 31.3 Å². The van der Waals surface area contributed by atoms with Gasteiger partial charge in [0.05, 0.1) is 28.5 Å². The zero-order valence-corrected chi connectivity index (χ0v) is 16.5. The van der Waals surface area contributed by atoms with Crippen molar-refractivity contribution in [3.8, 4) is 0 Å². The van der Waals surface area contributed by atoms with Crippen molar-refractivity contribution in [2.24, 2.45) is 0 Å². The van der Waals surface area contributed by atoms with E-state index in [0.29, 0.717) is 15.7 Å². The van der Waals surface area contributed by atoms with Gasteiger partial charge in [-0.3, -0.25) is 9.59 Å². The monoisotopic (exact) mass is 415 g/mol. The van der Waals surface area contributed by atoms with Gasteiger partial charge in [0.25, 0.3) is 10.0 Å². The summed E-state index contributed by atoms with van der Waals surface area (Å²) >= 11 is 2.39. The molecule has 0 aliphatic carbocycles. The van der Waals surface area contributed by atoms with Crippen LogP contribution >= 0.6 is 23.1 Å². The summed E-state index contributed by atoms with van der Waals surface area (Å²) in [6.45, 7) is 0.0463. The summed E-state index contributed by atoms with van der Waals surface area (Å²) in [5, 5.41) is 2.68. The number of thioether (sulfide) groups is 1. The van der Waals surface area contributed by atoms with Crippen LogP contribution in [0.3, 0.4) is 0 Å². The molecule has 1 aliphatic rings. The molecule has 2 aromatic heterocycles. The van der Waals surface area contributed by atoms with Crippen LogP contribution in [0, 0.1) is 0 Å². The molecule has 1 aliphatic heterocycles. The van der Waals surface area contributed by atoms with E-state index in [2.05, 4.69) is 5.32 Å². The Labute approximate surface area is 159 Å². The summed E-state index contributed by atoms with van der Waals surface area (Å²) in [5.74, 6) is 0.188. The highest BCUT2D eigenvalue weighted by atomic mass is 32.3. The van der Waals surface area contributed by atoms with Crippen LogP contribution in [0.4, 0.5) is 5.69 Å². The van der Waals surface area contributed by atoms with Gasteiger partial charge in [0.2, 0.25) is 11.8 Å². The highest BCUT2D eigenvalue weighted by Gasteiger charge is 2.32. The van der Waals surface area contributed by atoms with E-state index in [1.54, 1.807) is 12.1 Å². The van der Waals surface area contributed by atoms with Gasteiger partial charge in [-0.2, -0.15) is 0 Å². The lowest BCUT2D eigenvalue weighted by Gasteiger charge is -2.25. The third kappa shape index (κ3) is 3.80. The second kappa shape index (κ2) is 7.43. The topological polar surface area (TPSA) is 99.9 Å². The molecule has 3 heterocycles. The van der Waals surface area contributed by atoms with Crippen molar-refractivity contribution in [1.82, 2.24) is 9.62 Å². The molecule has 0 aromatic carbocycles. The third-order valence-electron chi connectivity index (χ3n) is 3.65. The molecular weight excluding hydrogens is 398 g/mol. The van der Waals surface area contributed by atoms with Crippen molar-refractivity contribution < 1.29 is 22.4 Å². The maximum Gasteiger partial charge on any atom is 0.252 e. The van der Waals surface area contributed by atoms with E-state index < -0.39 is 10.0 Å². The average molecular weight is 416 g/mol. The molecular formula is C15H17N3O5S3. The quantitative estimate of drug-likeness (QED) is 0.764. The number of thiophene rings is 1. The molecule has 0 bridgehead atoms. The number of nitrogens with zero attached hydrogens (tertiary/aromatic N) is 2. The summed E-state index contributed by atoms with van der Waals surface area (Å²) in [6, 6.07) is 4.91. The van der Waals surface area contributed by atoms with Gasteiger partial charge in [-0.15, -0.1) is 23.1 Å². The number of amides is 2. The SMILES string of the molecule is CN(C)S(=O)(=O)c1cc2c(s1)SCC(=O)N2CC(=O)NCc1ccco1. The first-order chi connectivity index (χ1) is 12.3. The van der Waals surface area contributed by atoms with Crippen LogP contribution in [-0.2, 0) is 26.2 Å². The predicted molar refractivity (Wildman–Crippen MR) is 98.8 cm³/mol. The Kier molecular flexibility index (Phi) is 5.42. The minimum absolute atomic E-state index is 0.149. The molecule has 2 aromatic rings. The summed E-state index contributed by atoms with van der Waals surface area (Å²) in [6.07, 6.45) is 1.51. The molecule has 11 heteroatoms. The van der Waals surface area contributed by atoms with Crippen LogP contribution in [0.2, 0.25) is 0 Å². The Hall–Kier alpha value is -1.82. The zero-order chi connectivity index (χ0) is 18.9. The largest absolute Gasteiger partial charge is 0.467 e. The van der Waals surface area contributed by atoms with Crippen LogP contribution in [0.5, 0.6) is 0 Å². The maximum absolute atomic E-state index is 12.3. The van der Waals surface area contributed by atoms with Crippen molar-refractivity contribution in [3.63, 3.8) is 0 Å². The van der Waals surface area contributed by atoms with E-state index in [4.69, 9.17) is 4.42 Å². The van der Waals surface area contributed by atoms with E-state index in [1.807, 2.05) is 0 Å². The number of sulfonamides is 1. The molecule has 0 saturated carbocycles. The van der Waals surface area contributed by atoms with Crippen LogP contribution < -0.4 is 10.2 Å². The van der Waals surface area contributed by atoms with Gasteiger partial charge in [-0.05, 0) is 18.2 Å². The van der Waals surface area contributed by atoms with E-state index in [0.717, 1.165) is 15.6 Å². The van der Waals surface area contributed by atoms with Gasteiger partial charge < -0.3 is 14.6 Å². The molecule has 0 atom stereocenters. The molecule has 2 amide bonds. The number of carbonyl (C=O) groups excluding carboxylic acids is 2. The Morgan fingerprint density at radius 3 is 2.85 bits per heavy atom. The number of nitrogens with one attached hydrogen (secondary N) is 1. The molecule has 3 rings (SSSR count). The Morgan fingerprint density at radius 1 is 1.42 bits per heavy atom. The Morgan fingerprint density at radius 2 is 2.19 bits per heavy atom. The third-order valence-corrected chi connectivity index (χ3v) is 8.30. The molecule has 140 valence electrons. The number of anilines is 1. The smallest absolute Gasteiger partial charge is 0.252 e. The van der Waals surface area contributed by atoms with E-state index in [9.17, 15) is 18.0 Å². The normalized spacial score (nSPS) is 14.6. The van der Waals surface area contributed by atoms with Gasteiger partial charge >= 0.3 is 0 Å². The lowest BCUT2D eigenvalue weighted by Crippen LogP contribution is -2.42. The second-order valence-electron chi connectivity index (χ2n) is 5.65. The Bertz CT molecular complexity index is 918. The van der Waals surface area contributed by atoms with Crippen LogP contribution in [-0.4, -0.2) is 50.9 Å². The van der Waals surface area contributed by atoms with Crippen LogP contribution in [0.1, 0.15) is 5.76 Å². The van der Waals surface area contributed by atoms with Gasteiger partial charge in [0, 0.05) is 14.1 Å². The predicted octanol–water partition coefficient (Wildman–Crippen LogP) is 1.35. The number of carbonyl (C=O) groups is 2. The van der Waals surface area contributed by atoms with Crippen molar-refractivity contribution in [1.29, 1.82) is 0 Å². The number of hydrogen-bond acceptors (Lipinski definition) is 7. The summed E-state index contributed by atoms with van der Waals surface area (Å²) in [5.41, 5.74) is 0.463. The molecule has 0 saturated heterocycles. The first kappa shape index (κ1) is 19.0. The average Bonchev–Trinajstić information content (AvgIpc) is 3.25. The molecule has 1 N–H and O–H groups in total. The lowest BCUT2D eigenvalue weighted by atomic mass is 10.3. The van der Waals surface area contributed by atoms with Gasteiger partial charge in [0.1, 0.15) is 16.5 Å². The van der Waals surface area contributed by atoms with Crippen LogP contribution in [0.25, 0.3) is 0 Å². The molecule has 0 radical (unpaired) electrons. The fourth-order valence-electron chi connectivity index (χ4n) is 2.25. The van der Waals surface area contributed by atoms with Gasteiger partial charge in [-0.25, -0.2) is 12.7 Å². The zero-order valence-electron chi connectivity index (χ0n) is 14.1. The molecule has 0 unspecified atom stereocenters. The summed E-state index contributed by atoms with van der Waals surface area (Å²) in [7, 11) is -0.691. The van der Waals surface area contributed by atoms with Crippen molar-refractivity contribution in [3.05, 3.63) is 30.2 Å². The van der Waals surface area contributed by atoms with Crippen molar-refractivity contribution in [2.45, 2.75) is 15.0 Å². The Balaban J connectivity index is 1.77. The molecule has 0 spiro atoms. The highest BCUT2D eigenvalue weighted by molar-refractivity contribution is 8.02. The number of hydrogen-bond donors (Lipinski definition) is 1. The number of furan rings is 1. The first-order valence-electron chi connectivity index (χ1n) is 7.57. The first-order valence-corrected chi connectivity index (χ1v) is 10.8. The van der Waals surface area contributed by atoms with Crippen LogP contribution in [0.15, 0.2) is 37.3 Å². The fourth-order valence-corrected chi connectivity index (χ4v) is 6.19. The summed E-state index contributed by atoms with van der Waals surface area (Å²) < 4.78 is 31.8. The second-order valence-corrected chi connectivity index (χ2v) is 10.3. The van der Waals surface area contributed by atoms with E-state index in [-0.39, 0.29) is 34.9 Å². The molecule has 26 heavy (non-hydrogen) atoms. The molecule has 0 fully saturated rings. The molecule has 8 nitrogen and oxygen atoms in total. The summed E-state index contributed by atoms with van der Waals surface area (Å²) in [4.78, 5) is 25.8. The number of rotatable bonds is 6. The highest BCUT2D eigenvalue weighted by Crippen LogP contribution is 2.43.